The van der Waals surface area contributed by atoms with Crippen LogP contribution in [0.25, 0.3) is 0 Å². The summed E-state index contributed by atoms with van der Waals surface area (Å²) in [5.74, 6) is 0.168. The van der Waals surface area contributed by atoms with E-state index in [4.69, 9.17) is 15.8 Å². The average Bonchev–Trinajstić information content (AvgIpc) is 2.03. The van der Waals surface area contributed by atoms with Crippen molar-refractivity contribution >= 4 is 24.7 Å². The number of hydrogen-bond acceptors (Lipinski definition) is 5. The van der Waals surface area contributed by atoms with Crippen LogP contribution in [0.5, 0.6) is 0 Å². The van der Waals surface area contributed by atoms with Gasteiger partial charge in [-0.2, -0.15) is 0 Å². The predicted octanol–water partition coefficient (Wildman–Crippen LogP) is -1.84. The summed E-state index contributed by atoms with van der Waals surface area (Å²) in [4.78, 5) is 13.9. The lowest BCUT2D eigenvalue weighted by molar-refractivity contribution is 0.111. The van der Waals surface area contributed by atoms with Crippen molar-refractivity contribution in [2.24, 2.45) is 0 Å². The Balaban J connectivity index is 3.20. The van der Waals surface area contributed by atoms with Gasteiger partial charge >= 0.3 is 7.12 Å². The van der Waals surface area contributed by atoms with E-state index in [9.17, 15) is 4.79 Å². The van der Waals surface area contributed by atoms with Crippen molar-refractivity contribution < 1.29 is 14.8 Å². The molecule has 1 heterocycles. The van der Waals surface area contributed by atoms with Crippen LogP contribution in [-0.4, -0.2) is 28.4 Å². The van der Waals surface area contributed by atoms with E-state index in [2.05, 4.69) is 4.98 Å². The van der Waals surface area contributed by atoms with Crippen LogP contribution in [0.3, 0.4) is 0 Å². The zero-order chi connectivity index (χ0) is 9.14. The molecule has 1 aromatic heterocycles. The maximum Gasteiger partial charge on any atom is 0.490 e. The van der Waals surface area contributed by atoms with Crippen molar-refractivity contribution in [3.63, 3.8) is 0 Å². The minimum Gasteiger partial charge on any atom is -0.423 e. The predicted molar refractivity (Wildman–Crippen MR) is 43.9 cm³/mol. The first-order valence-electron chi connectivity index (χ1n) is 3.23. The quantitative estimate of drug-likeness (QED) is 0.354. The Bertz CT molecular complexity index is 303. The van der Waals surface area contributed by atoms with Gasteiger partial charge in [-0.15, -0.1) is 0 Å². The van der Waals surface area contributed by atoms with Gasteiger partial charge in [-0.3, -0.25) is 4.79 Å². The fourth-order valence-corrected chi connectivity index (χ4v) is 0.814. The second-order valence-electron chi connectivity index (χ2n) is 2.20. The van der Waals surface area contributed by atoms with Gasteiger partial charge in [0.15, 0.2) is 6.29 Å². The van der Waals surface area contributed by atoms with Gasteiger partial charge in [0.25, 0.3) is 0 Å². The van der Waals surface area contributed by atoms with Crippen LogP contribution in [0.1, 0.15) is 10.5 Å². The van der Waals surface area contributed by atoms with E-state index in [-0.39, 0.29) is 17.0 Å². The third-order valence-electron chi connectivity index (χ3n) is 1.37. The van der Waals surface area contributed by atoms with Gasteiger partial charge in [-0.1, -0.05) is 6.07 Å². The van der Waals surface area contributed by atoms with Crippen molar-refractivity contribution in [3.05, 3.63) is 17.8 Å². The maximum absolute atomic E-state index is 10.3. The number of nitrogens with two attached hydrogens (primary N) is 1. The van der Waals surface area contributed by atoms with Gasteiger partial charge in [0.05, 0.1) is 0 Å². The van der Waals surface area contributed by atoms with Crippen LogP contribution in [0.4, 0.5) is 5.82 Å². The third kappa shape index (κ3) is 1.61. The number of nitrogen functional groups attached to an aromatic ring is 1. The summed E-state index contributed by atoms with van der Waals surface area (Å²) in [6.45, 7) is 0. The Morgan fingerprint density at radius 2 is 2.17 bits per heavy atom. The van der Waals surface area contributed by atoms with Gasteiger partial charge in [-0.25, -0.2) is 4.98 Å². The Labute approximate surface area is 69.0 Å². The molecule has 0 aromatic carbocycles. The molecular formula is C6H7BN2O3. The van der Waals surface area contributed by atoms with E-state index in [1.54, 1.807) is 0 Å². The zero-order valence-corrected chi connectivity index (χ0v) is 6.14. The molecule has 1 aromatic rings. The maximum atomic E-state index is 10.3. The molecule has 0 amide bonds. The summed E-state index contributed by atoms with van der Waals surface area (Å²) < 4.78 is 0. The van der Waals surface area contributed by atoms with Gasteiger partial charge in [0.1, 0.15) is 11.5 Å². The van der Waals surface area contributed by atoms with Gasteiger partial charge in [-0.05, 0) is 6.07 Å². The van der Waals surface area contributed by atoms with Crippen LogP contribution in [0.2, 0.25) is 0 Å². The van der Waals surface area contributed by atoms with Crippen LogP contribution in [0.15, 0.2) is 12.1 Å². The van der Waals surface area contributed by atoms with Gasteiger partial charge in [0.2, 0.25) is 0 Å². The molecule has 0 aliphatic rings. The number of hydrogen-bond donors (Lipinski definition) is 3. The number of aromatic nitrogens is 1. The highest BCUT2D eigenvalue weighted by Gasteiger charge is 2.16. The van der Waals surface area contributed by atoms with Crippen LogP contribution in [-0.2, 0) is 0 Å². The summed E-state index contributed by atoms with van der Waals surface area (Å²) in [5, 5.41) is 17.5. The number of aldehydes is 1. The van der Waals surface area contributed by atoms with Crippen LogP contribution >= 0.6 is 0 Å². The first-order chi connectivity index (χ1) is 5.65. The molecule has 1 rings (SSSR count). The molecule has 0 bridgehead atoms. The van der Waals surface area contributed by atoms with Crippen molar-refractivity contribution in [1.29, 1.82) is 0 Å². The lowest BCUT2D eigenvalue weighted by atomic mass is 9.79. The summed E-state index contributed by atoms with van der Waals surface area (Å²) in [7, 11) is -1.70. The van der Waals surface area contributed by atoms with E-state index in [0.29, 0.717) is 6.29 Å². The molecule has 0 fully saturated rings. The SMILES string of the molecule is Nc1ccc(B(O)O)c(C=O)n1. The number of carbonyl (C=O) groups is 1. The van der Waals surface area contributed by atoms with E-state index in [1.807, 2.05) is 0 Å². The Morgan fingerprint density at radius 1 is 1.50 bits per heavy atom. The molecule has 5 nitrogen and oxygen atoms in total. The number of carbonyl (C=O) groups excluding carboxylic acids is 1. The first-order valence-corrected chi connectivity index (χ1v) is 3.23. The number of rotatable bonds is 2. The minimum atomic E-state index is -1.70. The van der Waals surface area contributed by atoms with Crippen LogP contribution in [0, 0.1) is 0 Å². The fraction of sp³-hybridized carbons (Fsp3) is 0. The van der Waals surface area contributed by atoms with Gasteiger partial charge in [0, 0.05) is 5.46 Å². The second kappa shape index (κ2) is 3.33. The Morgan fingerprint density at radius 3 is 2.67 bits per heavy atom. The van der Waals surface area contributed by atoms with Gasteiger partial charge < -0.3 is 15.8 Å². The molecule has 0 radical (unpaired) electrons. The molecule has 0 unspecified atom stereocenters. The lowest BCUT2D eigenvalue weighted by Gasteiger charge is -2.02. The Hall–Kier alpha value is -1.40. The summed E-state index contributed by atoms with van der Waals surface area (Å²) in [5.41, 5.74) is 5.27. The molecule has 6 heteroatoms. The molecule has 12 heavy (non-hydrogen) atoms. The molecule has 0 atom stereocenters. The molecule has 62 valence electrons. The van der Waals surface area contributed by atoms with Crippen molar-refractivity contribution in [2.75, 3.05) is 5.73 Å². The highest BCUT2D eigenvalue weighted by molar-refractivity contribution is 6.59. The molecular weight excluding hydrogens is 159 g/mol. The third-order valence-corrected chi connectivity index (χ3v) is 1.37. The molecule has 0 saturated heterocycles. The summed E-state index contributed by atoms with van der Waals surface area (Å²) in [6.07, 6.45) is 0.422. The largest absolute Gasteiger partial charge is 0.490 e. The van der Waals surface area contributed by atoms with E-state index in [0.717, 1.165) is 0 Å². The van der Waals surface area contributed by atoms with Crippen molar-refractivity contribution in [1.82, 2.24) is 4.98 Å². The lowest BCUT2D eigenvalue weighted by Crippen LogP contribution is -2.33. The molecule has 0 spiro atoms. The average molecular weight is 166 g/mol. The highest BCUT2D eigenvalue weighted by Crippen LogP contribution is 1.96. The molecule has 0 aliphatic carbocycles. The second-order valence-corrected chi connectivity index (χ2v) is 2.20. The summed E-state index contributed by atoms with van der Waals surface area (Å²) >= 11 is 0. The molecule has 0 saturated carbocycles. The highest BCUT2D eigenvalue weighted by atomic mass is 16.4. The normalized spacial score (nSPS) is 9.50. The number of pyridine rings is 1. The van der Waals surface area contributed by atoms with Crippen LogP contribution < -0.4 is 11.2 Å². The summed E-state index contributed by atoms with van der Waals surface area (Å²) in [6, 6.07) is 2.73. The smallest absolute Gasteiger partial charge is 0.423 e. The molecule has 0 aliphatic heterocycles. The molecule has 4 N–H and O–H groups in total. The number of anilines is 1. The van der Waals surface area contributed by atoms with E-state index < -0.39 is 7.12 Å². The Kier molecular flexibility index (Phi) is 2.42. The topological polar surface area (TPSA) is 96.4 Å². The number of nitrogens with zero attached hydrogens (tertiary/aromatic N) is 1. The van der Waals surface area contributed by atoms with E-state index in [1.165, 1.54) is 12.1 Å². The monoisotopic (exact) mass is 166 g/mol. The van der Waals surface area contributed by atoms with E-state index >= 15 is 0 Å². The van der Waals surface area contributed by atoms with Crippen molar-refractivity contribution in [2.45, 2.75) is 0 Å². The minimum absolute atomic E-state index is 0.0509. The first kappa shape index (κ1) is 8.70. The zero-order valence-electron chi connectivity index (χ0n) is 6.14. The van der Waals surface area contributed by atoms with Crippen molar-refractivity contribution in [3.8, 4) is 0 Å². The fourth-order valence-electron chi connectivity index (χ4n) is 0.814. The standard InChI is InChI=1S/C6H7BN2O3/c8-6-2-1-4(7(11)12)5(3-10)9-6/h1-3,11-12H,(H2,8,9).